The van der Waals surface area contributed by atoms with Gasteiger partial charge in [-0.2, -0.15) is 0 Å². The Kier molecular flexibility index (Phi) is 5.37. The van der Waals surface area contributed by atoms with Gasteiger partial charge in [-0.25, -0.2) is 4.39 Å². The van der Waals surface area contributed by atoms with Crippen LogP contribution in [0, 0.1) is 15.9 Å². The standard InChI is InChI=1S/C19H17FN2O3S/c1-13-8-10-21(11-9-13)19(23)15-12-14(22(24)25)6-7-17(15)26-18-5-3-2-4-16(18)20/h2-7,12H,1,8-11H2. The second-order valence-electron chi connectivity index (χ2n) is 6.01. The molecule has 0 aromatic heterocycles. The highest BCUT2D eigenvalue weighted by molar-refractivity contribution is 7.99. The fourth-order valence-corrected chi connectivity index (χ4v) is 3.67. The first-order chi connectivity index (χ1) is 12.5. The van der Waals surface area contributed by atoms with Gasteiger partial charge in [0, 0.05) is 35.0 Å². The van der Waals surface area contributed by atoms with E-state index in [1.54, 1.807) is 23.1 Å². The normalized spacial score (nSPS) is 14.3. The number of nitrogens with zero attached hydrogens (tertiary/aromatic N) is 2. The van der Waals surface area contributed by atoms with Crippen molar-refractivity contribution in [3.05, 3.63) is 76.1 Å². The molecule has 2 aromatic carbocycles. The first-order valence-electron chi connectivity index (χ1n) is 8.12. The molecule has 0 saturated carbocycles. The highest BCUT2D eigenvalue weighted by Gasteiger charge is 2.24. The highest BCUT2D eigenvalue weighted by atomic mass is 32.2. The zero-order chi connectivity index (χ0) is 18.7. The first kappa shape index (κ1) is 18.1. The molecule has 1 heterocycles. The van der Waals surface area contributed by atoms with Crippen molar-refractivity contribution in [3.8, 4) is 0 Å². The molecule has 5 nitrogen and oxygen atoms in total. The van der Waals surface area contributed by atoms with Crippen molar-refractivity contribution >= 4 is 23.4 Å². The van der Waals surface area contributed by atoms with Gasteiger partial charge in [0.25, 0.3) is 11.6 Å². The Balaban J connectivity index is 1.96. The Morgan fingerprint density at radius 2 is 1.85 bits per heavy atom. The number of hydrogen-bond donors (Lipinski definition) is 0. The lowest BCUT2D eigenvalue weighted by Gasteiger charge is -2.28. The molecule has 26 heavy (non-hydrogen) atoms. The molecule has 1 aliphatic rings. The summed E-state index contributed by atoms with van der Waals surface area (Å²) in [5, 5.41) is 11.1. The smallest absolute Gasteiger partial charge is 0.270 e. The second-order valence-corrected chi connectivity index (χ2v) is 7.10. The monoisotopic (exact) mass is 372 g/mol. The first-order valence-corrected chi connectivity index (χ1v) is 8.94. The Morgan fingerprint density at radius 3 is 2.50 bits per heavy atom. The predicted octanol–water partition coefficient (Wildman–Crippen LogP) is 4.68. The van der Waals surface area contributed by atoms with E-state index in [1.165, 1.54) is 24.3 Å². The van der Waals surface area contributed by atoms with Gasteiger partial charge in [-0.05, 0) is 31.0 Å². The fraction of sp³-hybridized carbons (Fsp3) is 0.211. The Labute approximate surface area is 154 Å². The number of carbonyl (C=O) groups is 1. The van der Waals surface area contributed by atoms with Gasteiger partial charge in [0.15, 0.2) is 0 Å². The Morgan fingerprint density at radius 1 is 1.15 bits per heavy atom. The number of amides is 1. The number of halogens is 1. The van der Waals surface area contributed by atoms with Gasteiger partial charge in [0.1, 0.15) is 5.82 Å². The fourth-order valence-electron chi connectivity index (χ4n) is 2.73. The van der Waals surface area contributed by atoms with Crippen LogP contribution in [0.15, 0.2) is 64.4 Å². The molecule has 1 amide bonds. The number of nitro groups is 1. The van der Waals surface area contributed by atoms with Gasteiger partial charge in [-0.15, -0.1) is 0 Å². The van der Waals surface area contributed by atoms with Crippen LogP contribution in [-0.4, -0.2) is 28.8 Å². The summed E-state index contributed by atoms with van der Waals surface area (Å²) in [6.45, 7) is 4.99. The third kappa shape index (κ3) is 3.94. The summed E-state index contributed by atoms with van der Waals surface area (Å²) in [5.41, 5.74) is 1.15. The quantitative estimate of drug-likeness (QED) is 0.444. The minimum absolute atomic E-state index is 0.160. The molecule has 0 spiro atoms. The summed E-state index contributed by atoms with van der Waals surface area (Å²) < 4.78 is 14.0. The van der Waals surface area contributed by atoms with E-state index < -0.39 is 10.7 Å². The van der Waals surface area contributed by atoms with E-state index in [2.05, 4.69) is 6.58 Å². The molecule has 0 radical (unpaired) electrons. The minimum Gasteiger partial charge on any atom is -0.338 e. The molecule has 1 fully saturated rings. The zero-order valence-corrected chi connectivity index (χ0v) is 14.8. The van der Waals surface area contributed by atoms with Crippen molar-refractivity contribution in [3.63, 3.8) is 0 Å². The van der Waals surface area contributed by atoms with Crippen LogP contribution in [0.25, 0.3) is 0 Å². The van der Waals surface area contributed by atoms with E-state index in [-0.39, 0.29) is 17.2 Å². The number of likely N-dealkylation sites (tertiary alicyclic amines) is 1. The molecule has 0 bridgehead atoms. The van der Waals surface area contributed by atoms with E-state index in [0.29, 0.717) is 22.9 Å². The minimum atomic E-state index is -0.535. The van der Waals surface area contributed by atoms with Crippen molar-refractivity contribution in [2.45, 2.75) is 22.6 Å². The summed E-state index contributed by atoms with van der Waals surface area (Å²) in [5.74, 6) is -0.677. The molecule has 1 saturated heterocycles. The molecule has 0 N–H and O–H groups in total. The van der Waals surface area contributed by atoms with Crippen LogP contribution >= 0.6 is 11.8 Å². The number of hydrogen-bond acceptors (Lipinski definition) is 4. The topological polar surface area (TPSA) is 63.5 Å². The van der Waals surface area contributed by atoms with Crippen molar-refractivity contribution in [1.82, 2.24) is 4.90 Å². The molecule has 0 unspecified atom stereocenters. The summed E-state index contributed by atoms with van der Waals surface area (Å²) in [7, 11) is 0. The molecule has 7 heteroatoms. The van der Waals surface area contributed by atoms with E-state index >= 15 is 0 Å². The van der Waals surface area contributed by atoms with Crippen LogP contribution in [0.3, 0.4) is 0 Å². The van der Waals surface area contributed by atoms with Gasteiger partial charge >= 0.3 is 0 Å². The lowest BCUT2D eigenvalue weighted by atomic mass is 10.0. The molecule has 134 valence electrons. The predicted molar refractivity (Wildman–Crippen MR) is 97.9 cm³/mol. The highest BCUT2D eigenvalue weighted by Crippen LogP contribution is 2.35. The van der Waals surface area contributed by atoms with Crippen molar-refractivity contribution in [2.75, 3.05) is 13.1 Å². The molecular weight excluding hydrogens is 355 g/mol. The summed E-state index contributed by atoms with van der Waals surface area (Å²) in [6.07, 6.45) is 1.44. The zero-order valence-electron chi connectivity index (χ0n) is 14.0. The summed E-state index contributed by atoms with van der Waals surface area (Å²) >= 11 is 1.09. The van der Waals surface area contributed by atoms with Crippen LogP contribution < -0.4 is 0 Å². The lowest BCUT2D eigenvalue weighted by Crippen LogP contribution is -2.36. The number of benzene rings is 2. The third-order valence-electron chi connectivity index (χ3n) is 4.22. The average Bonchev–Trinajstić information content (AvgIpc) is 2.64. The number of carbonyl (C=O) groups excluding carboxylic acids is 1. The number of rotatable bonds is 4. The van der Waals surface area contributed by atoms with E-state index in [9.17, 15) is 19.3 Å². The number of piperidine rings is 1. The van der Waals surface area contributed by atoms with Gasteiger partial charge in [0.05, 0.1) is 10.5 Å². The van der Waals surface area contributed by atoms with E-state index in [4.69, 9.17) is 0 Å². The van der Waals surface area contributed by atoms with Crippen LogP contribution in [0.2, 0.25) is 0 Å². The van der Waals surface area contributed by atoms with Crippen LogP contribution in [0.1, 0.15) is 23.2 Å². The molecule has 3 rings (SSSR count). The Bertz CT molecular complexity index is 875. The van der Waals surface area contributed by atoms with Crippen LogP contribution in [0.5, 0.6) is 0 Å². The number of non-ortho nitro benzene ring substituents is 1. The average molecular weight is 372 g/mol. The maximum absolute atomic E-state index is 14.0. The largest absolute Gasteiger partial charge is 0.338 e. The Hall–Kier alpha value is -2.67. The molecule has 0 atom stereocenters. The van der Waals surface area contributed by atoms with Crippen molar-refractivity contribution in [2.24, 2.45) is 0 Å². The van der Waals surface area contributed by atoms with Crippen LogP contribution in [-0.2, 0) is 0 Å². The summed E-state index contributed by atoms with van der Waals surface area (Å²) in [6, 6.07) is 10.3. The SMILES string of the molecule is C=C1CCN(C(=O)c2cc([N+](=O)[O-])ccc2Sc2ccccc2F)CC1. The second kappa shape index (κ2) is 7.70. The molecule has 2 aromatic rings. The molecule has 1 aliphatic heterocycles. The van der Waals surface area contributed by atoms with E-state index in [0.717, 1.165) is 30.2 Å². The lowest BCUT2D eigenvalue weighted by molar-refractivity contribution is -0.384. The maximum Gasteiger partial charge on any atom is 0.270 e. The summed E-state index contributed by atoms with van der Waals surface area (Å²) in [4.78, 5) is 26.1. The maximum atomic E-state index is 14.0. The molecule has 0 aliphatic carbocycles. The van der Waals surface area contributed by atoms with Gasteiger partial charge in [-0.1, -0.05) is 36.0 Å². The number of nitro benzene ring substituents is 1. The third-order valence-corrected chi connectivity index (χ3v) is 5.35. The van der Waals surface area contributed by atoms with E-state index in [1.807, 2.05) is 0 Å². The van der Waals surface area contributed by atoms with Crippen molar-refractivity contribution in [1.29, 1.82) is 0 Å². The van der Waals surface area contributed by atoms with Gasteiger partial charge in [0.2, 0.25) is 0 Å². The van der Waals surface area contributed by atoms with Crippen molar-refractivity contribution < 1.29 is 14.1 Å². The van der Waals surface area contributed by atoms with Gasteiger partial charge < -0.3 is 4.90 Å². The van der Waals surface area contributed by atoms with Gasteiger partial charge in [-0.3, -0.25) is 14.9 Å². The molecular formula is C19H17FN2O3S. The van der Waals surface area contributed by atoms with Crippen LogP contribution in [0.4, 0.5) is 10.1 Å².